The van der Waals surface area contributed by atoms with Crippen molar-refractivity contribution < 1.29 is 9.59 Å². The third kappa shape index (κ3) is 5.60. The van der Waals surface area contributed by atoms with E-state index in [1.807, 2.05) is 91.9 Å². The fourth-order valence-electron chi connectivity index (χ4n) is 3.92. The highest BCUT2D eigenvalue weighted by atomic mass is 16.2. The lowest BCUT2D eigenvalue weighted by Crippen LogP contribution is -2.40. The Bertz CT molecular complexity index is 1260. The summed E-state index contributed by atoms with van der Waals surface area (Å²) in [6.07, 6.45) is 1.39. The molecule has 0 aliphatic carbocycles. The molecule has 168 valence electrons. The highest BCUT2D eigenvalue weighted by Crippen LogP contribution is 2.23. The molecule has 0 spiro atoms. The first-order valence-corrected chi connectivity index (χ1v) is 11.2. The van der Waals surface area contributed by atoms with Crippen molar-refractivity contribution in [2.45, 2.75) is 25.8 Å². The van der Waals surface area contributed by atoms with Crippen LogP contribution in [0.3, 0.4) is 0 Å². The quantitative estimate of drug-likeness (QED) is 0.280. The van der Waals surface area contributed by atoms with Crippen molar-refractivity contribution in [3.8, 4) is 0 Å². The zero-order chi connectivity index (χ0) is 23.0. The first-order valence-electron chi connectivity index (χ1n) is 11.2. The fraction of sp³-hybridized carbons (Fsp3) is 0.185. The Hall–Kier alpha value is -4.06. The largest absolute Gasteiger partial charge is 0.338 e. The molecule has 6 heteroatoms. The molecule has 6 nitrogen and oxygen atoms in total. The fourth-order valence-corrected chi connectivity index (χ4v) is 3.92. The van der Waals surface area contributed by atoms with Crippen LogP contribution in [0.25, 0.3) is 21.5 Å². The van der Waals surface area contributed by atoms with E-state index in [1.165, 1.54) is 0 Å². The molecule has 0 radical (unpaired) electrons. The van der Waals surface area contributed by atoms with Crippen molar-refractivity contribution in [2.24, 2.45) is 0 Å². The van der Waals surface area contributed by atoms with Gasteiger partial charge >= 0.3 is 12.1 Å². The Kier molecular flexibility index (Phi) is 7.05. The molecular formula is C27H28N4O2. The third-order valence-corrected chi connectivity index (χ3v) is 5.68. The minimum Gasteiger partial charge on any atom is -0.338 e. The summed E-state index contributed by atoms with van der Waals surface area (Å²) in [7, 11) is 0. The van der Waals surface area contributed by atoms with Gasteiger partial charge in [-0.1, -0.05) is 79.7 Å². The summed E-state index contributed by atoms with van der Waals surface area (Å²) < 4.78 is 0. The summed E-state index contributed by atoms with van der Waals surface area (Å²) in [4.78, 5) is 25.0. The molecule has 1 atom stereocenters. The molecular weight excluding hydrogens is 412 g/mol. The van der Waals surface area contributed by atoms with Gasteiger partial charge in [0.05, 0.1) is 11.4 Å². The molecule has 0 fully saturated rings. The van der Waals surface area contributed by atoms with Crippen LogP contribution in [0.4, 0.5) is 21.0 Å². The van der Waals surface area contributed by atoms with E-state index in [2.05, 4.69) is 21.3 Å². The van der Waals surface area contributed by atoms with Gasteiger partial charge in [0.1, 0.15) is 0 Å². The van der Waals surface area contributed by atoms with Gasteiger partial charge in [-0.3, -0.25) is 0 Å². The van der Waals surface area contributed by atoms with Gasteiger partial charge in [0.15, 0.2) is 0 Å². The standard InChI is InChI=1S/C27H28N4O2/c1-2-21(29-27(33)31-25-16-8-12-20-10-4-6-14-23(20)25)17-18-28-26(32)30-24-15-7-11-19-9-3-5-13-22(19)24/h3-16,21H,2,17-18H2,1H3,(H2,28,30,32)(H2,29,31,33)/t21-/m0/s1. The van der Waals surface area contributed by atoms with Gasteiger partial charge in [-0.2, -0.15) is 0 Å². The molecule has 0 bridgehead atoms. The van der Waals surface area contributed by atoms with Crippen molar-refractivity contribution in [3.63, 3.8) is 0 Å². The van der Waals surface area contributed by atoms with Crippen molar-refractivity contribution in [2.75, 3.05) is 17.2 Å². The molecule has 0 unspecified atom stereocenters. The van der Waals surface area contributed by atoms with Crippen molar-refractivity contribution >= 4 is 45.0 Å². The third-order valence-electron chi connectivity index (χ3n) is 5.68. The van der Waals surface area contributed by atoms with Crippen LogP contribution in [0, 0.1) is 0 Å². The Labute approximate surface area is 193 Å². The van der Waals surface area contributed by atoms with E-state index >= 15 is 0 Å². The number of urea groups is 2. The van der Waals surface area contributed by atoms with Crippen LogP contribution in [0.15, 0.2) is 84.9 Å². The number of anilines is 2. The average molecular weight is 441 g/mol. The van der Waals surface area contributed by atoms with Crippen molar-refractivity contribution in [1.29, 1.82) is 0 Å². The number of hydrogen-bond acceptors (Lipinski definition) is 2. The Morgan fingerprint density at radius 2 is 1.21 bits per heavy atom. The molecule has 33 heavy (non-hydrogen) atoms. The molecule has 4 rings (SSSR count). The lowest BCUT2D eigenvalue weighted by Gasteiger charge is -2.18. The molecule has 0 saturated heterocycles. The Morgan fingerprint density at radius 1 is 0.697 bits per heavy atom. The number of fused-ring (bicyclic) bond motifs is 2. The van der Waals surface area contributed by atoms with E-state index in [1.54, 1.807) is 0 Å². The zero-order valence-corrected chi connectivity index (χ0v) is 18.6. The van der Waals surface area contributed by atoms with Gasteiger partial charge < -0.3 is 21.3 Å². The first-order chi connectivity index (χ1) is 16.1. The summed E-state index contributed by atoms with van der Waals surface area (Å²) >= 11 is 0. The average Bonchev–Trinajstić information content (AvgIpc) is 2.84. The minimum absolute atomic E-state index is 0.0576. The first kappa shape index (κ1) is 22.1. The lowest BCUT2D eigenvalue weighted by atomic mass is 10.1. The van der Waals surface area contributed by atoms with Gasteiger partial charge in [0.25, 0.3) is 0 Å². The van der Waals surface area contributed by atoms with Crippen molar-refractivity contribution in [3.05, 3.63) is 84.9 Å². The topological polar surface area (TPSA) is 82.3 Å². The summed E-state index contributed by atoms with van der Waals surface area (Å²) in [5, 5.41) is 15.9. The maximum absolute atomic E-state index is 12.6. The lowest BCUT2D eigenvalue weighted by molar-refractivity contribution is 0.246. The SMILES string of the molecule is CC[C@@H](CCNC(=O)Nc1cccc2ccccc12)NC(=O)Nc1cccc2ccccc12. The Morgan fingerprint density at radius 3 is 1.79 bits per heavy atom. The molecule has 0 heterocycles. The smallest absolute Gasteiger partial charge is 0.319 e. The predicted molar refractivity (Wildman–Crippen MR) is 136 cm³/mol. The van der Waals surface area contributed by atoms with E-state index in [9.17, 15) is 9.59 Å². The molecule has 0 aliphatic heterocycles. The molecule has 0 saturated carbocycles. The van der Waals surface area contributed by atoms with E-state index in [-0.39, 0.29) is 18.1 Å². The molecule has 0 aromatic heterocycles. The monoisotopic (exact) mass is 440 g/mol. The maximum Gasteiger partial charge on any atom is 0.319 e. The van der Waals surface area contributed by atoms with Crippen LogP contribution in [0.1, 0.15) is 19.8 Å². The number of rotatable bonds is 7. The van der Waals surface area contributed by atoms with E-state index in [4.69, 9.17) is 0 Å². The van der Waals surface area contributed by atoms with Gasteiger partial charge in [0, 0.05) is 23.4 Å². The second-order valence-electron chi connectivity index (χ2n) is 7.93. The maximum atomic E-state index is 12.6. The molecule has 4 N–H and O–H groups in total. The number of carbonyl (C=O) groups excluding carboxylic acids is 2. The highest BCUT2D eigenvalue weighted by molar-refractivity contribution is 6.02. The van der Waals surface area contributed by atoms with Gasteiger partial charge in [-0.25, -0.2) is 9.59 Å². The van der Waals surface area contributed by atoms with Crippen LogP contribution in [-0.4, -0.2) is 24.6 Å². The van der Waals surface area contributed by atoms with Gasteiger partial charge in [-0.05, 0) is 35.7 Å². The number of carbonyl (C=O) groups is 2. The van der Waals surface area contributed by atoms with Crippen LogP contribution in [-0.2, 0) is 0 Å². The van der Waals surface area contributed by atoms with Crippen LogP contribution >= 0.6 is 0 Å². The van der Waals surface area contributed by atoms with E-state index < -0.39 is 0 Å². The summed E-state index contributed by atoms with van der Waals surface area (Å²) in [6, 6.07) is 26.9. The van der Waals surface area contributed by atoms with E-state index in [0.29, 0.717) is 13.0 Å². The summed E-state index contributed by atoms with van der Waals surface area (Å²) in [6.45, 7) is 2.46. The van der Waals surface area contributed by atoms with Crippen molar-refractivity contribution in [1.82, 2.24) is 10.6 Å². The minimum atomic E-state index is -0.263. The molecule has 0 aliphatic rings. The van der Waals surface area contributed by atoms with Gasteiger partial charge in [0.2, 0.25) is 0 Å². The number of amides is 4. The van der Waals surface area contributed by atoms with Crippen LogP contribution in [0.5, 0.6) is 0 Å². The normalized spacial score (nSPS) is 11.7. The summed E-state index contributed by atoms with van der Waals surface area (Å²) in [5.41, 5.74) is 1.54. The number of benzene rings is 4. The summed E-state index contributed by atoms with van der Waals surface area (Å²) in [5.74, 6) is 0. The second-order valence-corrected chi connectivity index (χ2v) is 7.93. The van der Waals surface area contributed by atoms with E-state index in [0.717, 1.165) is 39.3 Å². The van der Waals surface area contributed by atoms with Gasteiger partial charge in [-0.15, -0.1) is 0 Å². The molecule has 4 aromatic carbocycles. The Balaban J connectivity index is 1.27. The second kappa shape index (κ2) is 10.5. The highest BCUT2D eigenvalue weighted by Gasteiger charge is 2.12. The molecule has 4 aromatic rings. The zero-order valence-electron chi connectivity index (χ0n) is 18.6. The van der Waals surface area contributed by atoms with Crippen LogP contribution < -0.4 is 21.3 Å². The predicted octanol–water partition coefficient (Wildman–Crippen LogP) is 6.10. The molecule has 4 amide bonds. The number of hydrogen-bond donors (Lipinski definition) is 4. The number of nitrogens with one attached hydrogen (secondary N) is 4. The van der Waals surface area contributed by atoms with Crippen LogP contribution in [0.2, 0.25) is 0 Å².